The van der Waals surface area contributed by atoms with Gasteiger partial charge in [0.05, 0.1) is 13.0 Å². The number of primary amides is 1. The van der Waals surface area contributed by atoms with Crippen molar-refractivity contribution in [1.82, 2.24) is 15.5 Å². The zero-order valence-corrected chi connectivity index (χ0v) is 21.7. The van der Waals surface area contributed by atoms with Crippen LogP contribution in [0, 0.1) is 0 Å². The summed E-state index contributed by atoms with van der Waals surface area (Å²) in [5.74, 6) is -2.04. The van der Waals surface area contributed by atoms with Crippen molar-refractivity contribution in [1.29, 1.82) is 0 Å². The Morgan fingerprint density at radius 1 is 1.22 bits per heavy atom. The SMILES string of the molecule is C=Cc1cccc(C(C(=O)NCCCCC)N(CCO)C(=O)C(CC(N)=O)NC(=O)OC(C)(C)C)c1. The predicted octanol–water partition coefficient (Wildman–Crippen LogP) is 2.27. The highest BCUT2D eigenvalue weighted by molar-refractivity contribution is 5.94. The van der Waals surface area contributed by atoms with E-state index in [2.05, 4.69) is 17.2 Å². The first kappa shape index (κ1) is 30.6. The summed E-state index contributed by atoms with van der Waals surface area (Å²) in [7, 11) is 0. The minimum absolute atomic E-state index is 0.227. The molecule has 0 aromatic heterocycles. The van der Waals surface area contributed by atoms with E-state index >= 15 is 0 Å². The summed E-state index contributed by atoms with van der Waals surface area (Å²) in [6.45, 7) is 10.5. The van der Waals surface area contributed by atoms with Crippen LogP contribution in [0.4, 0.5) is 4.79 Å². The summed E-state index contributed by atoms with van der Waals surface area (Å²) >= 11 is 0. The number of aliphatic hydroxyl groups is 1. The molecule has 1 aromatic carbocycles. The number of carbonyl (C=O) groups excluding carboxylic acids is 4. The van der Waals surface area contributed by atoms with E-state index < -0.39 is 54.5 Å². The molecule has 0 fully saturated rings. The molecule has 200 valence electrons. The van der Waals surface area contributed by atoms with Crippen LogP contribution in [-0.4, -0.2) is 65.2 Å². The van der Waals surface area contributed by atoms with E-state index in [0.717, 1.165) is 29.7 Å². The number of aliphatic hydroxyl groups excluding tert-OH is 1. The number of carbonyl (C=O) groups is 4. The van der Waals surface area contributed by atoms with Crippen LogP contribution in [-0.2, 0) is 19.1 Å². The maximum atomic E-state index is 13.7. The smallest absolute Gasteiger partial charge is 0.408 e. The maximum Gasteiger partial charge on any atom is 0.408 e. The molecule has 36 heavy (non-hydrogen) atoms. The number of ether oxygens (including phenoxy) is 1. The molecule has 5 N–H and O–H groups in total. The number of benzene rings is 1. The number of rotatable bonds is 14. The summed E-state index contributed by atoms with van der Waals surface area (Å²) in [6, 6.07) is 4.39. The van der Waals surface area contributed by atoms with Gasteiger partial charge in [-0.25, -0.2) is 4.79 Å². The second kappa shape index (κ2) is 14.9. The number of amides is 4. The predicted molar refractivity (Wildman–Crippen MR) is 138 cm³/mol. The van der Waals surface area contributed by atoms with Crippen LogP contribution in [0.5, 0.6) is 0 Å². The summed E-state index contributed by atoms with van der Waals surface area (Å²) in [6.07, 6.45) is 2.84. The Labute approximate surface area is 213 Å². The first-order valence-electron chi connectivity index (χ1n) is 12.1. The fourth-order valence-corrected chi connectivity index (χ4v) is 3.54. The number of hydrogen-bond acceptors (Lipinski definition) is 6. The van der Waals surface area contributed by atoms with E-state index in [0.29, 0.717) is 12.1 Å². The summed E-state index contributed by atoms with van der Waals surface area (Å²) in [4.78, 5) is 52.3. The van der Waals surface area contributed by atoms with Gasteiger partial charge in [0.25, 0.3) is 0 Å². The Hall–Kier alpha value is -3.40. The Balaban J connectivity index is 3.41. The van der Waals surface area contributed by atoms with Crippen LogP contribution >= 0.6 is 0 Å². The van der Waals surface area contributed by atoms with Crippen LogP contribution < -0.4 is 16.4 Å². The van der Waals surface area contributed by atoms with Gasteiger partial charge in [-0.3, -0.25) is 14.4 Å². The minimum atomic E-state index is -1.40. The van der Waals surface area contributed by atoms with E-state index in [1.165, 1.54) is 0 Å². The quantitative estimate of drug-likeness (QED) is 0.285. The minimum Gasteiger partial charge on any atom is -0.444 e. The molecule has 0 saturated carbocycles. The van der Waals surface area contributed by atoms with Crippen LogP contribution in [0.3, 0.4) is 0 Å². The number of nitrogens with one attached hydrogen (secondary N) is 2. The molecule has 0 spiro atoms. The lowest BCUT2D eigenvalue weighted by atomic mass is 10.00. The molecule has 1 rings (SSSR count). The van der Waals surface area contributed by atoms with Gasteiger partial charge in [0.15, 0.2) is 0 Å². The van der Waals surface area contributed by atoms with E-state index in [-0.39, 0.29) is 6.54 Å². The molecule has 0 bridgehead atoms. The second-order valence-electron chi connectivity index (χ2n) is 9.40. The third kappa shape index (κ3) is 10.5. The molecule has 1 aromatic rings. The standard InChI is InChI=1S/C26H40N4O6/c1-6-8-9-13-28-23(33)22(19-12-10-11-18(7-2)16-19)30(14-15-31)24(34)20(17-21(27)32)29-25(35)36-26(3,4)5/h7,10-12,16,20,22,31H,2,6,8-9,13-15,17H2,1,3-5H3,(H2,27,32)(H,28,33)(H,29,35). The van der Waals surface area contributed by atoms with Gasteiger partial charge in [0, 0.05) is 13.1 Å². The van der Waals surface area contributed by atoms with Gasteiger partial charge in [0.2, 0.25) is 17.7 Å². The van der Waals surface area contributed by atoms with Crippen LogP contribution in [0.15, 0.2) is 30.8 Å². The normalized spacial score (nSPS) is 12.7. The number of alkyl carbamates (subject to hydrolysis) is 1. The third-order valence-electron chi connectivity index (χ3n) is 5.12. The molecule has 0 aliphatic carbocycles. The highest BCUT2D eigenvalue weighted by Gasteiger charge is 2.36. The fourth-order valence-electron chi connectivity index (χ4n) is 3.54. The summed E-state index contributed by atoms with van der Waals surface area (Å²) < 4.78 is 5.23. The highest BCUT2D eigenvalue weighted by atomic mass is 16.6. The fraction of sp³-hybridized carbons (Fsp3) is 0.538. The van der Waals surface area contributed by atoms with Crippen molar-refractivity contribution in [2.75, 3.05) is 19.7 Å². The average Bonchev–Trinajstić information content (AvgIpc) is 2.79. The highest BCUT2D eigenvalue weighted by Crippen LogP contribution is 2.24. The number of unbranched alkanes of at least 4 members (excludes halogenated alkanes) is 2. The molecule has 0 heterocycles. The maximum absolute atomic E-state index is 13.7. The first-order valence-corrected chi connectivity index (χ1v) is 12.1. The topological polar surface area (TPSA) is 151 Å². The lowest BCUT2D eigenvalue weighted by Gasteiger charge is -2.34. The van der Waals surface area contributed by atoms with E-state index in [1.54, 1.807) is 51.1 Å². The monoisotopic (exact) mass is 504 g/mol. The van der Waals surface area contributed by atoms with Crippen molar-refractivity contribution in [2.45, 2.75) is 71.1 Å². The van der Waals surface area contributed by atoms with Crippen molar-refractivity contribution in [3.63, 3.8) is 0 Å². The van der Waals surface area contributed by atoms with E-state index in [4.69, 9.17) is 10.5 Å². The Morgan fingerprint density at radius 3 is 2.47 bits per heavy atom. The molecule has 10 nitrogen and oxygen atoms in total. The molecule has 2 unspecified atom stereocenters. The van der Waals surface area contributed by atoms with Gasteiger partial charge in [-0.2, -0.15) is 0 Å². The van der Waals surface area contributed by atoms with E-state index in [1.807, 2.05) is 6.92 Å². The molecule has 2 atom stereocenters. The zero-order chi connectivity index (χ0) is 27.3. The van der Waals surface area contributed by atoms with Gasteiger partial charge < -0.3 is 31.1 Å². The largest absolute Gasteiger partial charge is 0.444 e. The molecule has 0 saturated heterocycles. The molecule has 0 aliphatic heterocycles. The van der Waals surface area contributed by atoms with Crippen molar-refractivity contribution in [3.8, 4) is 0 Å². The molecule has 4 amide bonds. The summed E-state index contributed by atoms with van der Waals surface area (Å²) in [5.41, 5.74) is 5.71. The lowest BCUT2D eigenvalue weighted by Crippen LogP contribution is -2.54. The Bertz CT molecular complexity index is 912. The Kier molecular flexibility index (Phi) is 12.7. The number of hydrogen-bond donors (Lipinski definition) is 4. The van der Waals surface area contributed by atoms with Gasteiger partial charge >= 0.3 is 6.09 Å². The summed E-state index contributed by atoms with van der Waals surface area (Å²) in [5, 5.41) is 15.0. The number of nitrogens with zero attached hydrogens (tertiary/aromatic N) is 1. The van der Waals surface area contributed by atoms with Gasteiger partial charge in [0.1, 0.15) is 17.7 Å². The molecule has 10 heteroatoms. The van der Waals surface area contributed by atoms with Crippen molar-refractivity contribution in [3.05, 3.63) is 42.0 Å². The van der Waals surface area contributed by atoms with Crippen molar-refractivity contribution >= 4 is 29.9 Å². The lowest BCUT2D eigenvalue weighted by molar-refractivity contribution is -0.143. The number of nitrogens with two attached hydrogens (primary N) is 1. The average molecular weight is 505 g/mol. The molecular weight excluding hydrogens is 464 g/mol. The van der Waals surface area contributed by atoms with Crippen LogP contribution in [0.25, 0.3) is 6.08 Å². The molecule has 0 radical (unpaired) electrons. The van der Waals surface area contributed by atoms with Gasteiger partial charge in [-0.05, 0) is 44.4 Å². The van der Waals surface area contributed by atoms with Gasteiger partial charge in [-0.15, -0.1) is 0 Å². The molecular formula is C26H40N4O6. The third-order valence-corrected chi connectivity index (χ3v) is 5.12. The molecule has 0 aliphatic rings. The second-order valence-corrected chi connectivity index (χ2v) is 9.40. The van der Waals surface area contributed by atoms with Crippen LogP contribution in [0.1, 0.15) is 70.5 Å². The van der Waals surface area contributed by atoms with Crippen molar-refractivity contribution < 1.29 is 29.0 Å². The first-order chi connectivity index (χ1) is 16.9. The van der Waals surface area contributed by atoms with Crippen molar-refractivity contribution in [2.24, 2.45) is 5.73 Å². The Morgan fingerprint density at radius 2 is 1.92 bits per heavy atom. The van der Waals surface area contributed by atoms with Crippen LogP contribution in [0.2, 0.25) is 0 Å². The van der Waals surface area contributed by atoms with Gasteiger partial charge in [-0.1, -0.05) is 50.6 Å². The zero-order valence-electron chi connectivity index (χ0n) is 21.7. The van der Waals surface area contributed by atoms with E-state index in [9.17, 15) is 24.3 Å².